The molecule has 1 saturated heterocycles. The van der Waals surface area contributed by atoms with Crippen molar-refractivity contribution < 1.29 is 17.9 Å². The zero-order chi connectivity index (χ0) is 17.4. The van der Waals surface area contributed by atoms with Gasteiger partial charge in [-0.15, -0.1) is 0 Å². The van der Waals surface area contributed by atoms with Crippen LogP contribution in [0.1, 0.15) is 18.4 Å². The van der Waals surface area contributed by atoms with E-state index >= 15 is 0 Å². The molecule has 0 N–H and O–H groups in total. The highest BCUT2D eigenvalue weighted by Crippen LogP contribution is 2.31. The molecule has 1 fully saturated rings. The molecule has 1 aliphatic heterocycles. The zero-order valence-corrected chi connectivity index (χ0v) is 13.5. The Hall–Kier alpha value is -2.34. The van der Waals surface area contributed by atoms with Crippen LogP contribution < -0.4 is 0 Å². The Morgan fingerprint density at radius 3 is 2.52 bits per heavy atom. The van der Waals surface area contributed by atoms with Gasteiger partial charge in [-0.25, -0.2) is 4.98 Å². The number of hydrogen-bond acceptors (Lipinski definition) is 2. The number of benzene rings is 2. The number of nitrogens with zero attached hydrogens (tertiary/aromatic N) is 2. The van der Waals surface area contributed by atoms with Crippen molar-refractivity contribution in [1.82, 2.24) is 9.55 Å². The fraction of sp³-hybridized carbons (Fsp3) is 0.316. The van der Waals surface area contributed by atoms with Crippen LogP contribution in [0.2, 0.25) is 0 Å². The third-order valence-electron chi connectivity index (χ3n) is 4.59. The van der Waals surface area contributed by atoms with Crippen molar-refractivity contribution in [2.24, 2.45) is 0 Å². The highest BCUT2D eigenvalue weighted by molar-refractivity contribution is 5.82. The van der Waals surface area contributed by atoms with Gasteiger partial charge >= 0.3 is 6.18 Å². The second-order valence-corrected chi connectivity index (χ2v) is 6.31. The topological polar surface area (TPSA) is 27.1 Å². The van der Waals surface area contributed by atoms with Gasteiger partial charge in [0.05, 0.1) is 35.6 Å². The maximum absolute atomic E-state index is 12.7. The van der Waals surface area contributed by atoms with Gasteiger partial charge < -0.3 is 9.30 Å². The SMILES string of the molecule is FC(F)(F)c1ccc(-c2ccc3ncn(CC4CCCO4)c3c2)cc1. The Morgan fingerprint density at radius 1 is 1.08 bits per heavy atom. The number of ether oxygens (including phenoxy) is 1. The number of alkyl halides is 3. The molecule has 0 amide bonds. The molecule has 0 radical (unpaired) electrons. The van der Waals surface area contributed by atoms with Crippen molar-refractivity contribution in [2.45, 2.75) is 31.7 Å². The standard InChI is InChI=1S/C19H17F3N2O/c20-19(21,22)15-6-3-13(4-7-15)14-5-8-17-18(10-14)24(12-23-17)11-16-2-1-9-25-16/h3-8,10,12,16H,1-2,9,11H2. The van der Waals surface area contributed by atoms with Crippen molar-refractivity contribution in [3.8, 4) is 11.1 Å². The first kappa shape index (κ1) is 16.1. The molecule has 4 rings (SSSR count). The number of rotatable bonds is 3. The molecular formula is C19H17F3N2O. The van der Waals surface area contributed by atoms with E-state index in [2.05, 4.69) is 9.55 Å². The average molecular weight is 346 g/mol. The smallest absolute Gasteiger partial charge is 0.376 e. The molecule has 130 valence electrons. The van der Waals surface area contributed by atoms with Crippen LogP contribution >= 0.6 is 0 Å². The Kier molecular flexibility index (Phi) is 4.00. The lowest BCUT2D eigenvalue weighted by Gasteiger charge is -2.12. The van der Waals surface area contributed by atoms with Crippen LogP contribution in [0.5, 0.6) is 0 Å². The van der Waals surface area contributed by atoms with Crippen molar-refractivity contribution in [3.63, 3.8) is 0 Å². The number of imidazole rings is 1. The van der Waals surface area contributed by atoms with Gasteiger partial charge in [-0.3, -0.25) is 0 Å². The third-order valence-corrected chi connectivity index (χ3v) is 4.59. The van der Waals surface area contributed by atoms with Gasteiger partial charge in [0, 0.05) is 6.61 Å². The van der Waals surface area contributed by atoms with Crippen LogP contribution in [0.25, 0.3) is 22.2 Å². The van der Waals surface area contributed by atoms with Gasteiger partial charge in [0.2, 0.25) is 0 Å². The minimum atomic E-state index is -4.32. The first-order valence-corrected chi connectivity index (χ1v) is 8.25. The van der Waals surface area contributed by atoms with E-state index in [0.29, 0.717) is 0 Å². The van der Waals surface area contributed by atoms with E-state index in [1.807, 2.05) is 18.2 Å². The number of fused-ring (bicyclic) bond motifs is 1. The minimum absolute atomic E-state index is 0.201. The summed E-state index contributed by atoms with van der Waals surface area (Å²) < 4.78 is 45.9. The molecule has 2 aromatic carbocycles. The second kappa shape index (κ2) is 6.19. The quantitative estimate of drug-likeness (QED) is 0.674. The molecule has 1 aromatic heterocycles. The van der Waals surface area contributed by atoms with Gasteiger partial charge in [-0.1, -0.05) is 18.2 Å². The fourth-order valence-corrected chi connectivity index (χ4v) is 3.24. The zero-order valence-electron chi connectivity index (χ0n) is 13.5. The van der Waals surface area contributed by atoms with Crippen LogP contribution in [0.4, 0.5) is 13.2 Å². The van der Waals surface area contributed by atoms with E-state index in [1.165, 1.54) is 12.1 Å². The van der Waals surface area contributed by atoms with Crippen molar-refractivity contribution in [3.05, 3.63) is 54.4 Å². The molecule has 0 saturated carbocycles. The average Bonchev–Trinajstić information content (AvgIpc) is 3.24. The van der Waals surface area contributed by atoms with Crippen LogP contribution in [-0.2, 0) is 17.5 Å². The Labute approximate surface area is 143 Å². The molecule has 2 heterocycles. The van der Waals surface area contributed by atoms with Crippen LogP contribution in [0, 0.1) is 0 Å². The van der Waals surface area contributed by atoms with Gasteiger partial charge in [0.25, 0.3) is 0 Å². The van der Waals surface area contributed by atoms with Crippen molar-refractivity contribution in [1.29, 1.82) is 0 Å². The fourth-order valence-electron chi connectivity index (χ4n) is 3.24. The number of halogens is 3. The van der Waals surface area contributed by atoms with Crippen LogP contribution in [0.15, 0.2) is 48.8 Å². The molecule has 0 aliphatic carbocycles. The van der Waals surface area contributed by atoms with E-state index in [0.717, 1.165) is 60.3 Å². The molecule has 3 aromatic rings. The maximum Gasteiger partial charge on any atom is 0.416 e. The molecule has 0 bridgehead atoms. The highest BCUT2D eigenvalue weighted by atomic mass is 19.4. The summed E-state index contributed by atoms with van der Waals surface area (Å²) in [5, 5.41) is 0. The van der Waals surface area contributed by atoms with Gasteiger partial charge in [0.1, 0.15) is 0 Å². The van der Waals surface area contributed by atoms with Crippen molar-refractivity contribution in [2.75, 3.05) is 6.61 Å². The molecule has 25 heavy (non-hydrogen) atoms. The Balaban J connectivity index is 1.66. The summed E-state index contributed by atoms with van der Waals surface area (Å²) in [4.78, 5) is 4.40. The molecule has 3 nitrogen and oxygen atoms in total. The van der Waals surface area contributed by atoms with Gasteiger partial charge in [-0.2, -0.15) is 13.2 Å². The summed E-state index contributed by atoms with van der Waals surface area (Å²) in [5.41, 5.74) is 2.82. The van der Waals surface area contributed by atoms with Crippen LogP contribution in [-0.4, -0.2) is 22.3 Å². The third kappa shape index (κ3) is 3.26. The molecule has 0 spiro atoms. The highest BCUT2D eigenvalue weighted by Gasteiger charge is 2.30. The molecule has 6 heteroatoms. The monoisotopic (exact) mass is 346 g/mol. The summed E-state index contributed by atoms with van der Waals surface area (Å²) in [6.07, 6.45) is -0.204. The summed E-state index contributed by atoms with van der Waals surface area (Å²) in [6, 6.07) is 11.0. The summed E-state index contributed by atoms with van der Waals surface area (Å²) in [5.74, 6) is 0. The largest absolute Gasteiger partial charge is 0.416 e. The first-order chi connectivity index (χ1) is 12.0. The maximum atomic E-state index is 12.7. The van der Waals surface area contributed by atoms with E-state index in [-0.39, 0.29) is 6.10 Å². The summed E-state index contributed by atoms with van der Waals surface area (Å²) in [6.45, 7) is 1.54. The van der Waals surface area contributed by atoms with Gasteiger partial charge in [0.15, 0.2) is 0 Å². The molecule has 1 atom stereocenters. The lowest BCUT2D eigenvalue weighted by Crippen LogP contribution is -2.14. The van der Waals surface area contributed by atoms with E-state index in [1.54, 1.807) is 6.33 Å². The first-order valence-electron chi connectivity index (χ1n) is 8.25. The van der Waals surface area contributed by atoms with E-state index < -0.39 is 11.7 Å². The summed E-state index contributed by atoms with van der Waals surface area (Å²) in [7, 11) is 0. The lowest BCUT2D eigenvalue weighted by atomic mass is 10.0. The lowest BCUT2D eigenvalue weighted by molar-refractivity contribution is -0.137. The number of aromatic nitrogens is 2. The van der Waals surface area contributed by atoms with Crippen LogP contribution in [0.3, 0.4) is 0 Å². The molecular weight excluding hydrogens is 329 g/mol. The Morgan fingerprint density at radius 2 is 1.84 bits per heavy atom. The van der Waals surface area contributed by atoms with E-state index in [4.69, 9.17) is 4.74 Å². The van der Waals surface area contributed by atoms with Crippen molar-refractivity contribution >= 4 is 11.0 Å². The molecule has 1 aliphatic rings. The number of hydrogen-bond donors (Lipinski definition) is 0. The van der Waals surface area contributed by atoms with E-state index in [9.17, 15) is 13.2 Å². The molecule has 1 unspecified atom stereocenters. The van der Waals surface area contributed by atoms with Gasteiger partial charge in [-0.05, 0) is 48.2 Å². The summed E-state index contributed by atoms with van der Waals surface area (Å²) >= 11 is 0. The Bertz CT molecular complexity index is 878. The second-order valence-electron chi connectivity index (χ2n) is 6.31. The predicted molar refractivity (Wildman–Crippen MR) is 89.1 cm³/mol. The predicted octanol–water partition coefficient (Wildman–Crippen LogP) is 4.90. The minimum Gasteiger partial charge on any atom is -0.376 e. The normalized spacial score (nSPS) is 18.1.